The Bertz CT molecular complexity index is 1180. The van der Waals surface area contributed by atoms with Crippen LogP contribution in [0.4, 0.5) is 0 Å². The van der Waals surface area contributed by atoms with Crippen molar-refractivity contribution in [3.8, 4) is 0 Å². The van der Waals surface area contributed by atoms with Crippen LogP contribution in [0.25, 0.3) is 0 Å². The van der Waals surface area contributed by atoms with Gasteiger partial charge < -0.3 is 39.5 Å². The molecule has 0 radical (unpaired) electrons. The summed E-state index contributed by atoms with van der Waals surface area (Å²) in [5, 5.41) is 30.2. The number of unbranched alkanes of at least 4 members (excludes halogenated alkanes) is 20. The van der Waals surface area contributed by atoms with E-state index in [2.05, 4.69) is 29.8 Å². The molecule has 0 aliphatic rings. The van der Waals surface area contributed by atoms with E-state index in [1.807, 2.05) is 12.2 Å². The zero-order valence-electron chi connectivity index (χ0n) is 37.9. The molecule has 1 unspecified atom stereocenters. The van der Waals surface area contributed by atoms with Crippen molar-refractivity contribution in [2.45, 2.75) is 225 Å². The first-order valence-corrected chi connectivity index (χ1v) is 26.4. The first-order chi connectivity index (χ1) is 29.0. The third-order valence-electron chi connectivity index (χ3n) is 10.3. The van der Waals surface area contributed by atoms with Crippen molar-refractivity contribution in [2.24, 2.45) is 5.92 Å². The maximum absolute atomic E-state index is 12.7. The summed E-state index contributed by atoms with van der Waals surface area (Å²) >= 11 is 0. The number of rotatable bonds is 44. The SMILES string of the molecule is CCCCC/C=C\C[C@H](O)[C@@H](O)CCCCCCCC(=O)O[C@H](COC(=O)CCCCCCCCCCCCCCCCC(C)C)COP(=O)(O)OC[C@@H](O)COP(=O)(O)O. The van der Waals surface area contributed by atoms with E-state index in [0.29, 0.717) is 32.1 Å². The first kappa shape index (κ1) is 59.8. The van der Waals surface area contributed by atoms with Gasteiger partial charge in [0.05, 0.1) is 32.0 Å². The monoisotopic (exact) mass is 917 g/mol. The van der Waals surface area contributed by atoms with Gasteiger partial charge in [-0.25, -0.2) is 9.13 Å². The number of allylic oxidation sites excluding steroid dienone is 1. The van der Waals surface area contributed by atoms with E-state index >= 15 is 0 Å². The number of phosphoric ester groups is 2. The van der Waals surface area contributed by atoms with Gasteiger partial charge in [0, 0.05) is 12.8 Å². The minimum atomic E-state index is -4.88. The standard InChI is InChI=1S/C44H86O15P2/c1-4-5-6-7-20-25-30-41(46)42(47)31-26-21-18-23-28-33-44(49)59-40(37-58-61(53,54)57-35-39(45)34-56-60(50,51)52)36-55-43(48)32-27-22-17-15-13-11-9-8-10-12-14-16-19-24-29-38(2)3/h20,25,38-42,45-47H,4-19,21-24,26-37H2,1-3H3,(H,53,54)(H2,50,51,52)/b25-20-/t39-,40+,41-,42-/m0/s1. The lowest BCUT2D eigenvalue weighted by molar-refractivity contribution is -0.161. The Balaban J connectivity index is 4.56. The Kier molecular flexibility index (Phi) is 38.4. The summed E-state index contributed by atoms with van der Waals surface area (Å²) in [6.07, 6.45) is 26.5. The summed E-state index contributed by atoms with van der Waals surface area (Å²) in [5.41, 5.74) is 0. The van der Waals surface area contributed by atoms with Crippen LogP contribution in [0.3, 0.4) is 0 Å². The van der Waals surface area contributed by atoms with E-state index in [4.69, 9.17) is 23.8 Å². The number of hydrogen-bond acceptors (Lipinski definition) is 12. The van der Waals surface area contributed by atoms with Crippen molar-refractivity contribution >= 4 is 27.6 Å². The number of ether oxygens (including phenoxy) is 2. The van der Waals surface area contributed by atoms with E-state index in [1.54, 1.807) is 0 Å². The lowest BCUT2D eigenvalue weighted by atomic mass is 10.0. The van der Waals surface area contributed by atoms with Gasteiger partial charge in [-0.2, -0.15) is 0 Å². The average molecular weight is 917 g/mol. The Morgan fingerprint density at radius 2 is 1.02 bits per heavy atom. The summed E-state index contributed by atoms with van der Waals surface area (Å²) in [7, 11) is -9.73. The molecule has 15 nitrogen and oxygen atoms in total. The number of aliphatic hydroxyl groups is 3. The van der Waals surface area contributed by atoms with Gasteiger partial charge in [0.1, 0.15) is 12.7 Å². The fourth-order valence-corrected chi connectivity index (χ4v) is 7.71. The molecule has 0 saturated carbocycles. The molecule has 0 amide bonds. The summed E-state index contributed by atoms with van der Waals surface area (Å²) in [6, 6.07) is 0. The second-order valence-corrected chi connectivity index (χ2v) is 19.5. The highest BCUT2D eigenvalue weighted by Gasteiger charge is 2.28. The number of carbonyl (C=O) groups is 2. The van der Waals surface area contributed by atoms with Gasteiger partial charge in [0.2, 0.25) is 0 Å². The predicted octanol–water partition coefficient (Wildman–Crippen LogP) is 9.92. The van der Waals surface area contributed by atoms with E-state index in [0.717, 1.165) is 63.7 Å². The Morgan fingerprint density at radius 1 is 0.541 bits per heavy atom. The molecule has 0 fully saturated rings. The zero-order valence-corrected chi connectivity index (χ0v) is 39.7. The minimum absolute atomic E-state index is 0.0358. The van der Waals surface area contributed by atoms with Crippen LogP contribution in [-0.2, 0) is 41.8 Å². The average Bonchev–Trinajstić information content (AvgIpc) is 3.20. The second kappa shape index (κ2) is 39.2. The minimum Gasteiger partial charge on any atom is -0.462 e. The van der Waals surface area contributed by atoms with Gasteiger partial charge in [-0.05, 0) is 44.4 Å². The summed E-state index contributed by atoms with van der Waals surface area (Å²) in [6.45, 7) is 3.88. The third kappa shape index (κ3) is 42.5. The van der Waals surface area contributed by atoms with Crippen LogP contribution in [0.5, 0.6) is 0 Å². The van der Waals surface area contributed by atoms with Crippen molar-refractivity contribution in [1.29, 1.82) is 0 Å². The van der Waals surface area contributed by atoms with Crippen LogP contribution in [0.1, 0.15) is 201 Å². The lowest BCUT2D eigenvalue weighted by Crippen LogP contribution is -2.30. The molecule has 5 atom stereocenters. The van der Waals surface area contributed by atoms with Crippen molar-refractivity contribution in [1.82, 2.24) is 0 Å². The molecule has 0 aromatic heterocycles. The topological polar surface area (TPSA) is 236 Å². The van der Waals surface area contributed by atoms with Gasteiger partial charge in [0.25, 0.3) is 0 Å². The maximum Gasteiger partial charge on any atom is 0.472 e. The van der Waals surface area contributed by atoms with Crippen molar-refractivity contribution < 1.29 is 71.8 Å². The van der Waals surface area contributed by atoms with Crippen LogP contribution in [0, 0.1) is 5.92 Å². The number of hydrogen-bond donors (Lipinski definition) is 6. The zero-order chi connectivity index (χ0) is 45.6. The quantitative estimate of drug-likeness (QED) is 0.0144. The molecule has 0 aliphatic heterocycles. The number of esters is 2. The molecule has 0 spiro atoms. The van der Waals surface area contributed by atoms with E-state index in [9.17, 15) is 38.9 Å². The molecule has 0 saturated heterocycles. The largest absolute Gasteiger partial charge is 0.472 e. The van der Waals surface area contributed by atoms with Crippen LogP contribution in [0.15, 0.2) is 12.2 Å². The summed E-state index contributed by atoms with van der Waals surface area (Å²) in [5.74, 6) is -0.329. The lowest BCUT2D eigenvalue weighted by Gasteiger charge is -2.20. The van der Waals surface area contributed by atoms with Crippen LogP contribution < -0.4 is 0 Å². The maximum atomic E-state index is 12.7. The van der Waals surface area contributed by atoms with Gasteiger partial charge in [-0.1, -0.05) is 161 Å². The molecule has 17 heteroatoms. The Morgan fingerprint density at radius 3 is 1.54 bits per heavy atom. The normalized spacial score (nSPS) is 15.2. The van der Waals surface area contributed by atoms with Crippen LogP contribution in [-0.4, -0.2) is 92.8 Å². The molecule has 0 aromatic carbocycles. The molecule has 0 aromatic rings. The number of carbonyl (C=O) groups excluding carboxylic acids is 2. The summed E-state index contributed by atoms with van der Waals surface area (Å²) in [4.78, 5) is 52.8. The van der Waals surface area contributed by atoms with Crippen molar-refractivity contribution in [3.63, 3.8) is 0 Å². The Labute approximate surface area is 367 Å². The fourth-order valence-electron chi connectivity index (χ4n) is 6.56. The number of aliphatic hydroxyl groups excluding tert-OH is 3. The smallest absolute Gasteiger partial charge is 0.462 e. The number of phosphoric acid groups is 2. The first-order valence-electron chi connectivity index (χ1n) is 23.4. The molecule has 0 rings (SSSR count). The molecular formula is C44H86O15P2. The molecule has 0 heterocycles. The van der Waals surface area contributed by atoms with E-state index < -0.39 is 78.4 Å². The molecule has 362 valence electrons. The fraction of sp³-hybridized carbons (Fsp3) is 0.909. The Hall–Kier alpha value is -1.22. The van der Waals surface area contributed by atoms with E-state index in [-0.39, 0.29) is 12.8 Å². The second-order valence-electron chi connectivity index (χ2n) is 16.8. The highest BCUT2D eigenvalue weighted by atomic mass is 31.2. The summed E-state index contributed by atoms with van der Waals surface area (Å²) < 4.78 is 47.8. The van der Waals surface area contributed by atoms with Crippen molar-refractivity contribution in [2.75, 3.05) is 26.4 Å². The van der Waals surface area contributed by atoms with Crippen molar-refractivity contribution in [3.05, 3.63) is 12.2 Å². The highest BCUT2D eigenvalue weighted by molar-refractivity contribution is 7.47. The highest BCUT2D eigenvalue weighted by Crippen LogP contribution is 2.44. The third-order valence-corrected chi connectivity index (χ3v) is 11.7. The van der Waals surface area contributed by atoms with E-state index in [1.165, 1.54) is 77.0 Å². The molecule has 0 aliphatic carbocycles. The predicted molar refractivity (Wildman–Crippen MR) is 238 cm³/mol. The van der Waals surface area contributed by atoms with Gasteiger partial charge in [-0.15, -0.1) is 0 Å². The molecular weight excluding hydrogens is 830 g/mol. The van der Waals surface area contributed by atoms with Gasteiger partial charge in [-0.3, -0.25) is 23.2 Å². The molecule has 61 heavy (non-hydrogen) atoms. The van der Waals surface area contributed by atoms with Crippen LogP contribution >= 0.6 is 15.6 Å². The molecule has 6 N–H and O–H groups in total. The van der Waals surface area contributed by atoms with Crippen LogP contribution in [0.2, 0.25) is 0 Å². The molecule has 0 bridgehead atoms. The van der Waals surface area contributed by atoms with Gasteiger partial charge in [0.15, 0.2) is 6.10 Å². The van der Waals surface area contributed by atoms with Gasteiger partial charge >= 0.3 is 27.6 Å².